The van der Waals surface area contributed by atoms with E-state index in [1.54, 1.807) is 6.92 Å². The Labute approximate surface area is 209 Å². The van der Waals surface area contributed by atoms with Crippen molar-refractivity contribution in [2.24, 2.45) is 0 Å². The SMILES string of the molecule is CCCNC(=O)[C@H](C)N(Cc1cccc(Br)c1)C(=O)CCCN(c1ccc(F)cc1)S(C)(=O)=O. The fourth-order valence-corrected chi connectivity index (χ4v) is 4.83. The molecule has 0 spiro atoms. The Bertz CT molecular complexity index is 1080. The van der Waals surface area contributed by atoms with Crippen molar-refractivity contribution in [2.45, 2.75) is 45.7 Å². The van der Waals surface area contributed by atoms with E-state index in [0.717, 1.165) is 27.0 Å². The Balaban J connectivity index is 2.14. The number of rotatable bonds is 12. The van der Waals surface area contributed by atoms with Crippen LogP contribution in [0.4, 0.5) is 10.1 Å². The van der Waals surface area contributed by atoms with Crippen LogP contribution in [0, 0.1) is 5.82 Å². The molecular weight excluding hydrogens is 525 g/mol. The summed E-state index contributed by atoms with van der Waals surface area (Å²) in [5.41, 5.74) is 1.19. The van der Waals surface area contributed by atoms with Gasteiger partial charge in [-0.05, 0) is 61.7 Å². The molecule has 1 atom stereocenters. The van der Waals surface area contributed by atoms with E-state index in [2.05, 4.69) is 21.2 Å². The van der Waals surface area contributed by atoms with Crippen molar-refractivity contribution < 1.29 is 22.4 Å². The third-order valence-corrected chi connectivity index (χ3v) is 6.91. The molecule has 7 nitrogen and oxygen atoms in total. The summed E-state index contributed by atoms with van der Waals surface area (Å²) in [6.07, 6.45) is 2.13. The number of benzene rings is 2. The lowest BCUT2D eigenvalue weighted by Crippen LogP contribution is -2.47. The number of nitrogens with one attached hydrogen (secondary N) is 1. The van der Waals surface area contributed by atoms with Crippen molar-refractivity contribution in [3.63, 3.8) is 0 Å². The van der Waals surface area contributed by atoms with E-state index in [4.69, 9.17) is 0 Å². The normalized spacial score (nSPS) is 12.1. The van der Waals surface area contributed by atoms with Crippen molar-refractivity contribution >= 4 is 43.5 Å². The van der Waals surface area contributed by atoms with Gasteiger partial charge in [-0.3, -0.25) is 13.9 Å². The van der Waals surface area contributed by atoms with Gasteiger partial charge in [0.05, 0.1) is 11.9 Å². The highest BCUT2D eigenvalue weighted by molar-refractivity contribution is 9.10. The number of hydrogen-bond donors (Lipinski definition) is 1. The molecule has 0 saturated carbocycles. The maximum absolute atomic E-state index is 13.3. The third kappa shape index (κ3) is 8.39. The minimum absolute atomic E-state index is 0.0482. The number of anilines is 1. The van der Waals surface area contributed by atoms with Crippen LogP contribution in [0.1, 0.15) is 38.7 Å². The second-order valence-corrected chi connectivity index (χ2v) is 10.9. The molecule has 186 valence electrons. The zero-order valence-electron chi connectivity index (χ0n) is 19.6. The van der Waals surface area contributed by atoms with Crippen LogP contribution < -0.4 is 9.62 Å². The quantitative estimate of drug-likeness (QED) is 0.427. The van der Waals surface area contributed by atoms with Gasteiger partial charge in [-0.2, -0.15) is 0 Å². The summed E-state index contributed by atoms with van der Waals surface area (Å²) in [4.78, 5) is 27.3. The maximum Gasteiger partial charge on any atom is 0.242 e. The van der Waals surface area contributed by atoms with Crippen LogP contribution >= 0.6 is 15.9 Å². The fraction of sp³-hybridized carbons (Fsp3) is 0.417. The topological polar surface area (TPSA) is 86.8 Å². The summed E-state index contributed by atoms with van der Waals surface area (Å²) in [6.45, 7) is 4.44. The number of carbonyl (C=O) groups excluding carboxylic acids is 2. The van der Waals surface area contributed by atoms with E-state index >= 15 is 0 Å². The first-order valence-electron chi connectivity index (χ1n) is 11.1. The zero-order valence-corrected chi connectivity index (χ0v) is 22.0. The smallest absolute Gasteiger partial charge is 0.242 e. The average Bonchev–Trinajstić information content (AvgIpc) is 2.78. The highest BCUT2D eigenvalue weighted by Gasteiger charge is 2.26. The van der Waals surface area contributed by atoms with Gasteiger partial charge in [0.25, 0.3) is 0 Å². The van der Waals surface area contributed by atoms with E-state index in [-0.39, 0.29) is 37.7 Å². The van der Waals surface area contributed by atoms with Crippen LogP contribution in [0.2, 0.25) is 0 Å². The molecule has 2 rings (SSSR count). The van der Waals surface area contributed by atoms with Crippen molar-refractivity contribution in [1.29, 1.82) is 0 Å². The molecule has 0 heterocycles. The van der Waals surface area contributed by atoms with Crippen LogP contribution in [-0.2, 0) is 26.2 Å². The van der Waals surface area contributed by atoms with Gasteiger partial charge in [-0.25, -0.2) is 12.8 Å². The maximum atomic E-state index is 13.3. The first-order valence-corrected chi connectivity index (χ1v) is 13.7. The number of nitrogens with zero attached hydrogens (tertiary/aromatic N) is 2. The number of hydrogen-bond acceptors (Lipinski definition) is 4. The summed E-state index contributed by atoms with van der Waals surface area (Å²) in [7, 11) is -3.63. The third-order valence-electron chi connectivity index (χ3n) is 5.23. The van der Waals surface area contributed by atoms with Crippen LogP contribution in [-0.4, -0.2) is 50.5 Å². The standard InChI is InChI=1S/C24H31BrFN3O4S/c1-4-14-27-24(31)18(2)28(17-19-7-5-8-20(25)16-19)23(30)9-6-15-29(34(3,32)33)22-12-10-21(26)11-13-22/h5,7-8,10-13,16,18H,4,6,9,14-15,17H2,1-3H3,(H,27,31)/t18-/m0/s1. The summed E-state index contributed by atoms with van der Waals surface area (Å²) in [6, 6.07) is 12.0. The molecule has 2 aromatic carbocycles. The van der Waals surface area contributed by atoms with E-state index < -0.39 is 21.9 Å². The second kappa shape index (κ2) is 12.9. The van der Waals surface area contributed by atoms with Crippen molar-refractivity contribution in [3.8, 4) is 0 Å². The van der Waals surface area contributed by atoms with Gasteiger partial charge in [0.15, 0.2) is 0 Å². The Morgan fingerprint density at radius 3 is 2.41 bits per heavy atom. The van der Waals surface area contributed by atoms with Gasteiger partial charge >= 0.3 is 0 Å². The molecule has 0 saturated heterocycles. The first kappa shape index (κ1) is 27.8. The minimum Gasteiger partial charge on any atom is -0.354 e. The molecule has 0 unspecified atom stereocenters. The molecule has 0 radical (unpaired) electrons. The Morgan fingerprint density at radius 2 is 1.82 bits per heavy atom. The second-order valence-electron chi connectivity index (χ2n) is 8.03. The Morgan fingerprint density at radius 1 is 1.15 bits per heavy atom. The van der Waals surface area contributed by atoms with Gasteiger partial charge in [0.2, 0.25) is 21.8 Å². The first-order chi connectivity index (χ1) is 16.0. The lowest BCUT2D eigenvalue weighted by Gasteiger charge is -2.29. The molecule has 34 heavy (non-hydrogen) atoms. The minimum atomic E-state index is -3.63. The van der Waals surface area contributed by atoms with E-state index in [9.17, 15) is 22.4 Å². The summed E-state index contributed by atoms with van der Waals surface area (Å²) < 4.78 is 39.8. The molecule has 0 aliphatic carbocycles. The lowest BCUT2D eigenvalue weighted by atomic mass is 10.1. The summed E-state index contributed by atoms with van der Waals surface area (Å²) in [5.74, 6) is -0.966. The summed E-state index contributed by atoms with van der Waals surface area (Å²) >= 11 is 3.42. The number of amides is 2. The molecule has 1 N–H and O–H groups in total. The molecule has 0 aliphatic rings. The highest BCUT2D eigenvalue weighted by Crippen LogP contribution is 2.20. The Kier molecular flexibility index (Phi) is 10.5. The van der Waals surface area contributed by atoms with Gasteiger partial charge in [-0.15, -0.1) is 0 Å². The van der Waals surface area contributed by atoms with Gasteiger partial charge in [0, 0.05) is 30.5 Å². The van der Waals surface area contributed by atoms with E-state index in [1.807, 2.05) is 31.2 Å². The number of sulfonamides is 1. The van der Waals surface area contributed by atoms with Crippen LogP contribution in [0.15, 0.2) is 53.0 Å². The monoisotopic (exact) mass is 555 g/mol. The van der Waals surface area contributed by atoms with Crippen molar-refractivity contribution in [3.05, 3.63) is 64.4 Å². The molecule has 10 heteroatoms. The molecule has 0 bridgehead atoms. The van der Waals surface area contributed by atoms with Crippen LogP contribution in [0.3, 0.4) is 0 Å². The predicted molar refractivity (Wildman–Crippen MR) is 135 cm³/mol. The molecule has 0 aliphatic heterocycles. The highest BCUT2D eigenvalue weighted by atomic mass is 79.9. The van der Waals surface area contributed by atoms with Crippen molar-refractivity contribution in [2.75, 3.05) is 23.7 Å². The number of carbonyl (C=O) groups is 2. The van der Waals surface area contributed by atoms with E-state index in [1.165, 1.54) is 29.2 Å². The number of halogens is 2. The molecule has 0 fully saturated rings. The van der Waals surface area contributed by atoms with Gasteiger partial charge in [-0.1, -0.05) is 35.0 Å². The van der Waals surface area contributed by atoms with E-state index in [0.29, 0.717) is 12.2 Å². The lowest BCUT2D eigenvalue weighted by molar-refractivity contribution is -0.140. The van der Waals surface area contributed by atoms with Crippen molar-refractivity contribution in [1.82, 2.24) is 10.2 Å². The predicted octanol–water partition coefficient (Wildman–Crippen LogP) is 4.08. The van der Waals surface area contributed by atoms with Gasteiger partial charge < -0.3 is 10.2 Å². The summed E-state index contributed by atoms with van der Waals surface area (Å²) in [5, 5.41) is 2.82. The van der Waals surface area contributed by atoms with Crippen LogP contribution in [0.5, 0.6) is 0 Å². The van der Waals surface area contributed by atoms with Gasteiger partial charge in [0.1, 0.15) is 11.9 Å². The molecule has 0 aromatic heterocycles. The molecule has 2 amide bonds. The zero-order chi connectivity index (χ0) is 25.3. The average molecular weight is 556 g/mol. The molecule has 2 aromatic rings. The molecular formula is C24H31BrFN3O4S. The van der Waals surface area contributed by atoms with Crippen LogP contribution in [0.25, 0.3) is 0 Å². The largest absolute Gasteiger partial charge is 0.354 e. The fourth-order valence-electron chi connectivity index (χ4n) is 3.42. The Hall–Kier alpha value is -2.46.